The van der Waals surface area contributed by atoms with Gasteiger partial charge in [0.25, 0.3) is 5.91 Å². The minimum atomic E-state index is -3.89. The molecule has 1 amide bonds. The fraction of sp³-hybridized carbons (Fsp3) is 0.263. The van der Waals surface area contributed by atoms with E-state index in [1.165, 1.54) is 18.2 Å². The van der Waals surface area contributed by atoms with Gasteiger partial charge in [-0.15, -0.1) is 0 Å². The van der Waals surface area contributed by atoms with Crippen LogP contribution in [0.1, 0.15) is 21.5 Å². The Labute approximate surface area is 162 Å². The van der Waals surface area contributed by atoms with Crippen LogP contribution in [0.3, 0.4) is 0 Å². The van der Waals surface area contributed by atoms with E-state index >= 15 is 0 Å². The van der Waals surface area contributed by atoms with E-state index in [1.54, 1.807) is 30.0 Å². The molecule has 0 unspecified atom stereocenters. The average molecular weight is 402 g/mol. The lowest BCUT2D eigenvalue weighted by atomic mass is 10.1. The third kappa shape index (κ3) is 3.98. The van der Waals surface area contributed by atoms with Gasteiger partial charge in [0.15, 0.2) is 0 Å². The lowest BCUT2D eigenvalue weighted by Gasteiger charge is -2.36. The number of amides is 1. The molecule has 0 aromatic heterocycles. The van der Waals surface area contributed by atoms with Crippen molar-refractivity contribution in [1.29, 1.82) is 5.26 Å². The molecule has 2 aromatic carbocycles. The molecule has 1 saturated heterocycles. The number of nitriles is 1. The zero-order valence-electron chi connectivity index (χ0n) is 15.2. The Morgan fingerprint density at radius 1 is 1.14 bits per heavy atom. The SMILES string of the molecule is Cc1ccc(C(=O)N2CCN(c3ccc(S(N)(=O)=O)cc3C#N)CC2)cc1F. The highest BCUT2D eigenvalue weighted by Gasteiger charge is 2.24. The van der Waals surface area contributed by atoms with E-state index in [2.05, 4.69) is 0 Å². The second-order valence-corrected chi connectivity index (χ2v) is 8.14. The number of hydrogen-bond donors (Lipinski definition) is 1. The Kier molecular flexibility index (Phi) is 5.36. The van der Waals surface area contributed by atoms with Crippen molar-refractivity contribution in [3.8, 4) is 6.07 Å². The lowest BCUT2D eigenvalue weighted by molar-refractivity contribution is 0.0746. The molecule has 1 fully saturated rings. The van der Waals surface area contributed by atoms with Crippen LogP contribution in [0.15, 0.2) is 41.3 Å². The molecule has 3 rings (SSSR count). The molecule has 0 bridgehead atoms. The standard InChI is InChI=1S/C19H19FN4O3S/c1-13-2-3-14(11-17(13)20)19(25)24-8-6-23(7-9-24)18-5-4-16(28(22,26)27)10-15(18)12-21/h2-5,10-11H,6-9H2,1H3,(H2,22,26,27). The predicted molar refractivity (Wildman–Crippen MR) is 102 cm³/mol. The first kappa shape index (κ1) is 19.8. The van der Waals surface area contributed by atoms with Crippen molar-refractivity contribution < 1.29 is 17.6 Å². The fourth-order valence-corrected chi connectivity index (χ4v) is 3.66. The fourth-order valence-electron chi connectivity index (χ4n) is 3.12. The number of nitrogens with zero attached hydrogens (tertiary/aromatic N) is 3. The zero-order chi connectivity index (χ0) is 20.5. The number of halogens is 1. The Morgan fingerprint density at radius 2 is 1.82 bits per heavy atom. The largest absolute Gasteiger partial charge is 0.367 e. The second-order valence-electron chi connectivity index (χ2n) is 6.58. The summed E-state index contributed by atoms with van der Waals surface area (Å²) in [5.41, 5.74) is 1.57. The number of nitrogens with two attached hydrogens (primary N) is 1. The van der Waals surface area contributed by atoms with Crippen LogP contribution in [0.2, 0.25) is 0 Å². The zero-order valence-corrected chi connectivity index (χ0v) is 16.0. The van der Waals surface area contributed by atoms with Crippen molar-refractivity contribution in [2.24, 2.45) is 5.14 Å². The normalized spacial score (nSPS) is 14.6. The minimum Gasteiger partial charge on any atom is -0.367 e. The summed E-state index contributed by atoms with van der Waals surface area (Å²) >= 11 is 0. The molecule has 0 atom stereocenters. The first-order valence-electron chi connectivity index (χ1n) is 8.58. The van der Waals surface area contributed by atoms with Crippen molar-refractivity contribution >= 4 is 21.6 Å². The van der Waals surface area contributed by atoms with Crippen molar-refractivity contribution in [3.63, 3.8) is 0 Å². The van der Waals surface area contributed by atoms with E-state index in [0.29, 0.717) is 43.0 Å². The number of sulfonamides is 1. The summed E-state index contributed by atoms with van der Waals surface area (Å²) < 4.78 is 36.7. The molecular weight excluding hydrogens is 383 g/mol. The van der Waals surface area contributed by atoms with Crippen LogP contribution >= 0.6 is 0 Å². The third-order valence-corrected chi connectivity index (χ3v) is 5.65. The van der Waals surface area contributed by atoms with E-state index < -0.39 is 15.8 Å². The van der Waals surface area contributed by atoms with Crippen LogP contribution in [0.5, 0.6) is 0 Å². The number of piperazine rings is 1. The van der Waals surface area contributed by atoms with Gasteiger partial charge in [-0.05, 0) is 42.8 Å². The van der Waals surface area contributed by atoms with Crippen LogP contribution in [0, 0.1) is 24.1 Å². The molecular formula is C19H19FN4O3S. The van der Waals surface area contributed by atoms with Gasteiger partial charge >= 0.3 is 0 Å². The topological polar surface area (TPSA) is 108 Å². The van der Waals surface area contributed by atoms with Gasteiger partial charge in [-0.1, -0.05) is 6.07 Å². The van der Waals surface area contributed by atoms with Gasteiger partial charge in [-0.2, -0.15) is 5.26 Å². The molecule has 1 aliphatic rings. The van der Waals surface area contributed by atoms with Gasteiger partial charge in [-0.25, -0.2) is 17.9 Å². The van der Waals surface area contributed by atoms with E-state index in [1.807, 2.05) is 11.0 Å². The number of hydrogen-bond acceptors (Lipinski definition) is 5. The third-order valence-electron chi connectivity index (χ3n) is 4.74. The summed E-state index contributed by atoms with van der Waals surface area (Å²) in [7, 11) is -3.89. The van der Waals surface area contributed by atoms with Crippen LogP contribution in [0.25, 0.3) is 0 Å². The van der Waals surface area contributed by atoms with Gasteiger partial charge in [0.1, 0.15) is 11.9 Å². The molecule has 146 valence electrons. The number of rotatable bonds is 3. The first-order chi connectivity index (χ1) is 13.2. The molecule has 0 radical (unpaired) electrons. The quantitative estimate of drug-likeness (QED) is 0.839. The van der Waals surface area contributed by atoms with Gasteiger partial charge in [0.05, 0.1) is 16.1 Å². The maximum Gasteiger partial charge on any atom is 0.254 e. The highest BCUT2D eigenvalue weighted by Crippen LogP contribution is 2.25. The molecule has 0 spiro atoms. The predicted octanol–water partition coefficient (Wildman–Crippen LogP) is 1.62. The molecule has 9 heteroatoms. The maximum absolute atomic E-state index is 13.7. The van der Waals surface area contributed by atoms with E-state index in [9.17, 15) is 22.9 Å². The summed E-state index contributed by atoms with van der Waals surface area (Å²) in [6.07, 6.45) is 0. The van der Waals surface area contributed by atoms with E-state index in [0.717, 1.165) is 0 Å². The van der Waals surface area contributed by atoms with Crippen LogP contribution < -0.4 is 10.0 Å². The summed E-state index contributed by atoms with van der Waals surface area (Å²) in [5, 5.41) is 14.5. The van der Waals surface area contributed by atoms with Crippen molar-refractivity contribution in [2.75, 3.05) is 31.1 Å². The molecule has 7 nitrogen and oxygen atoms in total. The molecule has 2 N–H and O–H groups in total. The average Bonchev–Trinajstić information content (AvgIpc) is 2.68. The van der Waals surface area contributed by atoms with Crippen molar-refractivity contribution in [1.82, 2.24) is 4.90 Å². The lowest BCUT2D eigenvalue weighted by Crippen LogP contribution is -2.49. The Morgan fingerprint density at radius 3 is 2.39 bits per heavy atom. The maximum atomic E-state index is 13.7. The van der Waals surface area contributed by atoms with Crippen molar-refractivity contribution in [2.45, 2.75) is 11.8 Å². The number of primary sulfonamides is 1. The van der Waals surface area contributed by atoms with Gasteiger partial charge in [0.2, 0.25) is 10.0 Å². The number of benzene rings is 2. The molecule has 28 heavy (non-hydrogen) atoms. The van der Waals surface area contributed by atoms with Gasteiger partial charge in [-0.3, -0.25) is 4.79 Å². The van der Waals surface area contributed by atoms with Crippen LogP contribution in [-0.4, -0.2) is 45.4 Å². The Hall–Kier alpha value is -2.96. The second kappa shape index (κ2) is 7.58. The molecule has 1 heterocycles. The molecule has 1 aliphatic heterocycles. The van der Waals surface area contributed by atoms with Crippen molar-refractivity contribution in [3.05, 3.63) is 58.9 Å². The number of carbonyl (C=O) groups is 1. The molecule has 0 saturated carbocycles. The van der Waals surface area contributed by atoms with E-state index in [-0.39, 0.29) is 16.4 Å². The Bertz CT molecular complexity index is 1070. The highest BCUT2D eigenvalue weighted by atomic mass is 32.2. The minimum absolute atomic E-state index is 0.122. The number of aryl methyl sites for hydroxylation is 1. The number of anilines is 1. The van der Waals surface area contributed by atoms with Gasteiger partial charge < -0.3 is 9.80 Å². The first-order valence-corrected chi connectivity index (χ1v) is 10.1. The van der Waals surface area contributed by atoms with Gasteiger partial charge in [0, 0.05) is 31.7 Å². The summed E-state index contributed by atoms with van der Waals surface area (Å²) in [6.45, 7) is 3.36. The van der Waals surface area contributed by atoms with Crippen LogP contribution in [-0.2, 0) is 10.0 Å². The molecule has 2 aromatic rings. The summed E-state index contributed by atoms with van der Waals surface area (Å²) in [4.78, 5) is 16.0. The molecule has 0 aliphatic carbocycles. The number of carbonyl (C=O) groups excluding carboxylic acids is 1. The summed E-state index contributed by atoms with van der Waals surface area (Å²) in [6, 6.07) is 10.6. The highest BCUT2D eigenvalue weighted by molar-refractivity contribution is 7.89. The van der Waals surface area contributed by atoms with E-state index in [4.69, 9.17) is 5.14 Å². The smallest absolute Gasteiger partial charge is 0.254 e. The van der Waals surface area contributed by atoms with Crippen LogP contribution in [0.4, 0.5) is 10.1 Å². The monoisotopic (exact) mass is 402 g/mol. The summed E-state index contributed by atoms with van der Waals surface area (Å²) in [5.74, 6) is -0.665. The Balaban J connectivity index is 1.74.